The molecule has 3 heterocycles. The van der Waals surface area contributed by atoms with Crippen molar-refractivity contribution in [2.75, 3.05) is 7.11 Å². The quantitative estimate of drug-likeness (QED) is 0.837. The van der Waals surface area contributed by atoms with Gasteiger partial charge in [0.2, 0.25) is 0 Å². The summed E-state index contributed by atoms with van der Waals surface area (Å²) in [6, 6.07) is 9.90. The smallest absolute Gasteiger partial charge is 0.274 e. The van der Waals surface area contributed by atoms with Crippen molar-refractivity contribution in [1.29, 1.82) is 0 Å². The van der Waals surface area contributed by atoms with E-state index in [9.17, 15) is 0 Å². The molecule has 0 bridgehead atoms. The van der Waals surface area contributed by atoms with Gasteiger partial charge in [0.25, 0.3) is 5.79 Å². The fourth-order valence-electron chi connectivity index (χ4n) is 3.27. The first-order valence-electron chi connectivity index (χ1n) is 7.40. The Labute approximate surface area is 128 Å². The zero-order valence-corrected chi connectivity index (χ0v) is 12.8. The van der Waals surface area contributed by atoms with Crippen LogP contribution in [0.3, 0.4) is 0 Å². The lowest BCUT2D eigenvalue weighted by molar-refractivity contribution is -0.313. The molecule has 1 unspecified atom stereocenters. The number of ether oxygens (including phenoxy) is 4. The molecule has 3 aliphatic heterocycles. The van der Waals surface area contributed by atoms with Crippen molar-refractivity contribution in [3.8, 4) is 0 Å². The molecule has 1 aromatic carbocycles. The molecule has 22 heavy (non-hydrogen) atoms. The van der Waals surface area contributed by atoms with Crippen LogP contribution in [0.4, 0.5) is 0 Å². The van der Waals surface area contributed by atoms with Gasteiger partial charge in [-0.15, -0.1) is 0 Å². The second-order valence-corrected chi connectivity index (χ2v) is 6.23. The number of oxime groups is 1. The molecule has 2 saturated heterocycles. The van der Waals surface area contributed by atoms with Gasteiger partial charge in [-0.05, 0) is 19.4 Å². The van der Waals surface area contributed by atoms with Crippen LogP contribution in [0.2, 0.25) is 0 Å². The zero-order chi connectivity index (χ0) is 15.4. The summed E-state index contributed by atoms with van der Waals surface area (Å²) < 4.78 is 23.3. The average molecular weight is 305 g/mol. The Kier molecular flexibility index (Phi) is 3.06. The van der Waals surface area contributed by atoms with Crippen LogP contribution < -0.4 is 0 Å². The SMILES string of the molecule is COC1O[C@@]2(CC(c3ccccc3)=NO2)[C@H]2OC(C)(C)O[C@@H]12. The molecule has 1 aromatic rings. The van der Waals surface area contributed by atoms with Gasteiger partial charge in [0.05, 0.1) is 12.1 Å². The van der Waals surface area contributed by atoms with Crippen molar-refractivity contribution in [2.24, 2.45) is 5.16 Å². The van der Waals surface area contributed by atoms with Gasteiger partial charge in [0, 0.05) is 7.11 Å². The van der Waals surface area contributed by atoms with Gasteiger partial charge in [-0.2, -0.15) is 0 Å². The molecule has 0 amide bonds. The van der Waals surface area contributed by atoms with Crippen molar-refractivity contribution in [3.05, 3.63) is 35.9 Å². The summed E-state index contributed by atoms with van der Waals surface area (Å²) in [7, 11) is 1.59. The second kappa shape index (κ2) is 4.76. The van der Waals surface area contributed by atoms with Crippen LogP contribution in [-0.4, -0.2) is 42.9 Å². The summed E-state index contributed by atoms with van der Waals surface area (Å²) in [5.41, 5.74) is 1.85. The molecule has 0 aromatic heterocycles. The van der Waals surface area contributed by atoms with E-state index in [1.54, 1.807) is 7.11 Å². The molecule has 6 heteroatoms. The molecular weight excluding hydrogens is 286 g/mol. The summed E-state index contributed by atoms with van der Waals surface area (Å²) in [5.74, 6) is -1.67. The highest BCUT2D eigenvalue weighted by Crippen LogP contribution is 2.48. The largest absolute Gasteiger partial charge is 0.356 e. The number of rotatable bonds is 2. The van der Waals surface area contributed by atoms with E-state index in [0.717, 1.165) is 11.3 Å². The molecule has 4 rings (SSSR count). The molecular formula is C16H19NO5. The van der Waals surface area contributed by atoms with Gasteiger partial charge < -0.3 is 23.8 Å². The third kappa shape index (κ3) is 2.06. The van der Waals surface area contributed by atoms with Crippen molar-refractivity contribution < 1.29 is 23.8 Å². The standard InChI is InChI=1S/C16H19NO5/c1-15(2)19-12-13(20-15)16(21-14(12)18-3)9-11(17-22-16)10-7-5-4-6-8-10/h4-8,12-14H,9H2,1-3H3/t12-,13+,14?,16-/m1/s1. The van der Waals surface area contributed by atoms with E-state index in [1.807, 2.05) is 44.2 Å². The first kappa shape index (κ1) is 14.1. The molecule has 2 fully saturated rings. The highest BCUT2D eigenvalue weighted by Gasteiger charge is 2.67. The van der Waals surface area contributed by atoms with E-state index in [1.165, 1.54) is 0 Å². The van der Waals surface area contributed by atoms with E-state index in [2.05, 4.69) is 5.16 Å². The summed E-state index contributed by atoms with van der Waals surface area (Å²) >= 11 is 0. The van der Waals surface area contributed by atoms with Gasteiger partial charge in [-0.3, -0.25) is 0 Å². The number of hydrogen-bond donors (Lipinski definition) is 0. The minimum absolute atomic E-state index is 0.328. The van der Waals surface area contributed by atoms with Crippen LogP contribution in [0.5, 0.6) is 0 Å². The van der Waals surface area contributed by atoms with Crippen LogP contribution in [0.1, 0.15) is 25.8 Å². The molecule has 1 spiro atoms. The van der Waals surface area contributed by atoms with Crippen LogP contribution >= 0.6 is 0 Å². The maximum atomic E-state index is 6.00. The molecule has 118 valence electrons. The molecule has 6 nitrogen and oxygen atoms in total. The number of nitrogens with zero attached hydrogens (tertiary/aromatic N) is 1. The summed E-state index contributed by atoms with van der Waals surface area (Å²) in [5, 5.41) is 4.22. The normalized spacial score (nSPS) is 38.9. The molecule has 0 N–H and O–H groups in total. The highest BCUT2D eigenvalue weighted by atomic mass is 16.9. The minimum Gasteiger partial charge on any atom is -0.356 e. The summed E-state index contributed by atoms with van der Waals surface area (Å²) in [6.45, 7) is 3.75. The van der Waals surface area contributed by atoms with E-state index in [4.69, 9.17) is 23.8 Å². The van der Waals surface area contributed by atoms with Crippen molar-refractivity contribution in [3.63, 3.8) is 0 Å². The van der Waals surface area contributed by atoms with Gasteiger partial charge in [-0.1, -0.05) is 35.5 Å². The Balaban J connectivity index is 1.61. The molecule has 0 saturated carbocycles. The zero-order valence-electron chi connectivity index (χ0n) is 12.8. The van der Waals surface area contributed by atoms with Gasteiger partial charge in [-0.25, -0.2) is 0 Å². The number of fused-ring (bicyclic) bond motifs is 2. The first-order valence-corrected chi connectivity index (χ1v) is 7.40. The van der Waals surface area contributed by atoms with Crippen molar-refractivity contribution in [2.45, 2.75) is 50.3 Å². The monoisotopic (exact) mass is 305 g/mol. The average Bonchev–Trinajstić information content (AvgIpc) is 3.14. The number of hydrogen-bond acceptors (Lipinski definition) is 6. The van der Waals surface area contributed by atoms with Crippen LogP contribution in [0.15, 0.2) is 35.5 Å². The van der Waals surface area contributed by atoms with Crippen molar-refractivity contribution in [1.82, 2.24) is 0 Å². The third-order valence-corrected chi connectivity index (χ3v) is 4.21. The van der Waals surface area contributed by atoms with Gasteiger partial charge in [0.1, 0.15) is 6.10 Å². The predicted molar refractivity (Wildman–Crippen MR) is 77.1 cm³/mol. The highest BCUT2D eigenvalue weighted by molar-refractivity contribution is 6.01. The lowest BCUT2D eigenvalue weighted by atomic mass is 9.98. The summed E-state index contributed by atoms with van der Waals surface area (Å²) in [6.07, 6.45) is -0.739. The molecule has 3 aliphatic rings. The van der Waals surface area contributed by atoms with Crippen LogP contribution in [-0.2, 0) is 23.8 Å². The summed E-state index contributed by atoms with van der Waals surface area (Å²) in [4.78, 5) is 5.69. The number of methoxy groups -OCH3 is 1. The first-order chi connectivity index (χ1) is 10.5. The lowest BCUT2D eigenvalue weighted by Crippen LogP contribution is -2.43. The Morgan fingerprint density at radius 1 is 1.14 bits per heavy atom. The van der Waals surface area contributed by atoms with E-state index in [-0.39, 0.29) is 12.2 Å². The fourth-order valence-corrected chi connectivity index (χ4v) is 3.27. The van der Waals surface area contributed by atoms with Crippen molar-refractivity contribution >= 4 is 5.71 Å². The number of benzene rings is 1. The van der Waals surface area contributed by atoms with Gasteiger partial charge >= 0.3 is 0 Å². The fraction of sp³-hybridized carbons (Fsp3) is 0.562. The lowest BCUT2D eigenvalue weighted by Gasteiger charge is -2.28. The van der Waals surface area contributed by atoms with Crippen LogP contribution in [0, 0.1) is 0 Å². The van der Waals surface area contributed by atoms with E-state index >= 15 is 0 Å². The minimum atomic E-state index is -0.982. The van der Waals surface area contributed by atoms with E-state index < -0.39 is 17.9 Å². The topological polar surface area (TPSA) is 58.5 Å². The Bertz CT molecular complexity index is 602. The Morgan fingerprint density at radius 2 is 1.91 bits per heavy atom. The molecule has 0 aliphatic carbocycles. The maximum absolute atomic E-state index is 6.00. The molecule has 4 atom stereocenters. The Morgan fingerprint density at radius 3 is 2.64 bits per heavy atom. The maximum Gasteiger partial charge on any atom is 0.274 e. The van der Waals surface area contributed by atoms with E-state index in [0.29, 0.717) is 6.42 Å². The third-order valence-electron chi connectivity index (χ3n) is 4.21. The predicted octanol–water partition coefficient (Wildman–Crippen LogP) is 2.03. The van der Waals surface area contributed by atoms with Crippen LogP contribution in [0.25, 0.3) is 0 Å². The second-order valence-electron chi connectivity index (χ2n) is 6.23. The molecule has 0 radical (unpaired) electrons. The Hall–Kier alpha value is -1.47. The van der Waals surface area contributed by atoms with Gasteiger partial charge in [0.15, 0.2) is 18.2 Å².